The number of halogens is 3. The molecule has 0 aliphatic heterocycles. The second kappa shape index (κ2) is 7.59. The third-order valence-corrected chi connectivity index (χ3v) is 3.61. The van der Waals surface area contributed by atoms with Crippen LogP contribution in [0.5, 0.6) is 0 Å². The number of rotatable bonds is 5. The van der Waals surface area contributed by atoms with E-state index in [-0.39, 0.29) is 17.5 Å². The Labute approximate surface area is 136 Å². The van der Waals surface area contributed by atoms with Crippen LogP contribution < -0.4 is 0 Å². The standard InChI is InChI=1S/C17H13F3N2O2/c1-24-17(23)6-13(11-4-12(18)9-22-8-11)14(7-21)10-2-3-15(19)16(20)5-10/h2-5,8-9,13-14H,6H2,1H3/t13-,14-/m1/s1. The number of ether oxygens (including phenoxy) is 1. The summed E-state index contributed by atoms with van der Waals surface area (Å²) >= 11 is 0. The maximum atomic E-state index is 13.5. The van der Waals surface area contributed by atoms with Gasteiger partial charge in [0.2, 0.25) is 0 Å². The van der Waals surface area contributed by atoms with Crippen LogP contribution in [0.15, 0.2) is 36.7 Å². The van der Waals surface area contributed by atoms with Crippen molar-refractivity contribution in [2.45, 2.75) is 18.3 Å². The Morgan fingerprint density at radius 3 is 2.54 bits per heavy atom. The highest BCUT2D eigenvalue weighted by atomic mass is 19.2. The average Bonchev–Trinajstić information content (AvgIpc) is 2.57. The van der Waals surface area contributed by atoms with Gasteiger partial charge in [0, 0.05) is 12.1 Å². The van der Waals surface area contributed by atoms with Crippen molar-refractivity contribution in [3.63, 3.8) is 0 Å². The molecule has 0 saturated heterocycles. The minimum absolute atomic E-state index is 0.176. The number of esters is 1. The number of pyridine rings is 1. The lowest BCUT2D eigenvalue weighted by molar-refractivity contribution is -0.141. The predicted molar refractivity (Wildman–Crippen MR) is 78.3 cm³/mol. The lowest BCUT2D eigenvalue weighted by atomic mass is 9.80. The summed E-state index contributed by atoms with van der Waals surface area (Å²) in [6, 6.07) is 6.15. The first kappa shape index (κ1) is 17.5. The van der Waals surface area contributed by atoms with Crippen LogP contribution in [0.25, 0.3) is 0 Å². The molecule has 24 heavy (non-hydrogen) atoms. The Balaban J connectivity index is 2.48. The minimum atomic E-state index is -1.11. The average molecular weight is 334 g/mol. The van der Waals surface area contributed by atoms with E-state index in [1.54, 1.807) is 0 Å². The summed E-state index contributed by atoms with van der Waals surface area (Å²) in [5.74, 6) is -5.25. The first-order chi connectivity index (χ1) is 11.5. The number of hydrogen-bond donors (Lipinski definition) is 0. The number of methoxy groups -OCH3 is 1. The monoisotopic (exact) mass is 334 g/mol. The van der Waals surface area contributed by atoms with Gasteiger partial charge in [-0.3, -0.25) is 9.78 Å². The van der Waals surface area contributed by atoms with E-state index in [0.29, 0.717) is 0 Å². The van der Waals surface area contributed by atoms with Crippen LogP contribution in [0.3, 0.4) is 0 Å². The molecule has 0 fully saturated rings. The fourth-order valence-corrected chi connectivity index (χ4v) is 2.42. The van der Waals surface area contributed by atoms with Gasteiger partial charge in [-0.2, -0.15) is 5.26 Å². The topological polar surface area (TPSA) is 63.0 Å². The molecule has 1 aromatic heterocycles. The van der Waals surface area contributed by atoms with E-state index in [1.165, 1.54) is 19.4 Å². The molecule has 1 aromatic carbocycles. The Morgan fingerprint density at radius 1 is 1.21 bits per heavy atom. The molecule has 124 valence electrons. The third kappa shape index (κ3) is 3.90. The van der Waals surface area contributed by atoms with E-state index in [9.17, 15) is 23.2 Å². The van der Waals surface area contributed by atoms with Crippen molar-refractivity contribution in [3.8, 4) is 6.07 Å². The summed E-state index contributed by atoms with van der Waals surface area (Å²) in [7, 11) is 1.18. The Morgan fingerprint density at radius 2 is 1.96 bits per heavy atom. The molecule has 2 atom stereocenters. The van der Waals surface area contributed by atoms with E-state index in [2.05, 4.69) is 9.72 Å². The first-order valence-electron chi connectivity index (χ1n) is 6.98. The maximum Gasteiger partial charge on any atom is 0.306 e. The molecular formula is C17H13F3N2O2. The molecule has 0 amide bonds. The Hall–Kier alpha value is -2.88. The van der Waals surface area contributed by atoms with Gasteiger partial charge >= 0.3 is 5.97 Å². The number of benzene rings is 1. The van der Waals surface area contributed by atoms with Crippen molar-refractivity contribution < 1.29 is 22.7 Å². The molecule has 0 aliphatic rings. The number of carbonyl (C=O) groups excluding carboxylic acids is 1. The molecule has 2 aromatic rings. The number of aromatic nitrogens is 1. The van der Waals surface area contributed by atoms with Crippen molar-refractivity contribution in [3.05, 3.63) is 65.2 Å². The van der Waals surface area contributed by atoms with Crippen LogP contribution in [-0.2, 0) is 9.53 Å². The van der Waals surface area contributed by atoms with Gasteiger partial charge in [0.15, 0.2) is 11.6 Å². The summed E-state index contributed by atoms with van der Waals surface area (Å²) in [6.45, 7) is 0. The number of nitriles is 1. The zero-order valence-corrected chi connectivity index (χ0v) is 12.7. The van der Waals surface area contributed by atoms with Crippen LogP contribution in [0.1, 0.15) is 29.4 Å². The summed E-state index contributed by atoms with van der Waals surface area (Å²) < 4.78 is 44.7. The van der Waals surface area contributed by atoms with Crippen LogP contribution in [-0.4, -0.2) is 18.1 Å². The van der Waals surface area contributed by atoms with Crippen molar-refractivity contribution >= 4 is 5.97 Å². The lowest BCUT2D eigenvalue weighted by Crippen LogP contribution is -2.16. The molecule has 0 unspecified atom stereocenters. The Bertz CT molecular complexity index is 790. The van der Waals surface area contributed by atoms with Crippen molar-refractivity contribution in [1.82, 2.24) is 4.98 Å². The van der Waals surface area contributed by atoms with E-state index >= 15 is 0 Å². The summed E-state index contributed by atoms with van der Waals surface area (Å²) in [5, 5.41) is 9.49. The van der Waals surface area contributed by atoms with E-state index < -0.39 is 35.3 Å². The largest absolute Gasteiger partial charge is 0.469 e. The van der Waals surface area contributed by atoms with Gasteiger partial charge < -0.3 is 4.74 Å². The van der Waals surface area contributed by atoms with Crippen LogP contribution in [0, 0.1) is 28.8 Å². The molecule has 0 N–H and O–H groups in total. The van der Waals surface area contributed by atoms with Gasteiger partial charge in [0.25, 0.3) is 0 Å². The molecule has 0 bridgehead atoms. The fraction of sp³-hybridized carbons (Fsp3) is 0.235. The second-order valence-corrected chi connectivity index (χ2v) is 5.10. The van der Waals surface area contributed by atoms with Gasteiger partial charge in [-0.25, -0.2) is 13.2 Å². The van der Waals surface area contributed by atoms with Crippen LogP contribution in [0.4, 0.5) is 13.2 Å². The van der Waals surface area contributed by atoms with Gasteiger partial charge in [-0.1, -0.05) is 6.07 Å². The third-order valence-electron chi connectivity index (χ3n) is 3.61. The number of nitrogens with zero attached hydrogens (tertiary/aromatic N) is 2. The van der Waals surface area contributed by atoms with Crippen molar-refractivity contribution in [2.75, 3.05) is 7.11 Å². The molecule has 4 nitrogen and oxygen atoms in total. The van der Waals surface area contributed by atoms with Gasteiger partial charge in [-0.15, -0.1) is 0 Å². The smallest absolute Gasteiger partial charge is 0.306 e. The zero-order chi connectivity index (χ0) is 17.7. The van der Waals surface area contributed by atoms with Crippen LogP contribution in [0.2, 0.25) is 0 Å². The second-order valence-electron chi connectivity index (χ2n) is 5.10. The highest BCUT2D eigenvalue weighted by Gasteiger charge is 2.29. The summed E-state index contributed by atoms with van der Waals surface area (Å²) in [6.07, 6.45) is 2.07. The van der Waals surface area contributed by atoms with E-state index in [0.717, 1.165) is 24.4 Å². The first-order valence-corrected chi connectivity index (χ1v) is 6.98. The summed E-state index contributed by atoms with van der Waals surface area (Å²) in [4.78, 5) is 15.4. The van der Waals surface area contributed by atoms with Crippen LogP contribution >= 0.6 is 0 Å². The van der Waals surface area contributed by atoms with E-state index in [1.807, 2.05) is 6.07 Å². The van der Waals surface area contributed by atoms with Gasteiger partial charge in [-0.05, 0) is 29.3 Å². The quantitative estimate of drug-likeness (QED) is 0.786. The number of hydrogen-bond acceptors (Lipinski definition) is 4. The molecule has 0 aliphatic carbocycles. The molecule has 1 heterocycles. The molecule has 7 heteroatoms. The predicted octanol–water partition coefficient (Wildman–Crippen LogP) is 3.45. The SMILES string of the molecule is COC(=O)C[C@H](c1cncc(F)c1)[C@H](C#N)c1ccc(F)c(F)c1. The molecule has 2 rings (SSSR count). The van der Waals surface area contributed by atoms with Crippen molar-refractivity contribution in [2.24, 2.45) is 0 Å². The van der Waals surface area contributed by atoms with Gasteiger partial charge in [0.05, 0.1) is 31.7 Å². The molecule has 0 saturated carbocycles. The highest BCUT2D eigenvalue weighted by molar-refractivity contribution is 5.70. The van der Waals surface area contributed by atoms with Crippen molar-refractivity contribution in [1.29, 1.82) is 5.26 Å². The Kier molecular flexibility index (Phi) is 5.53. The molecular weight excluding hydrogens is 321 g/mol. The highest BCUT2D eigenvalue weighted by Crippen LogP contribution is 2.36. The number of carbonyl (C=O) groups is 1. The molecule has 0 radical (unpaired) electrons. The fourth-order valence-electron chi connectivity index (χ4n) is 2.42. The molecule has 0 spiro atoms. The van der Waals surface area contributed by atoms with Gasteiger partial charge in [0.1, 0.15) is 5.82 Å². The lowest BCUT2D eigenvalue weighted by Gasteiger charge is -2.22. The zero-order valence-electron chi connectivity index (χ0n) is 12.7. The van der Waals surface area contributed by atoms with E-state index in [4.69, 9.17) is 0 Å². The summed E-state index contributed by atoms with van der Waals surface area (Å²) in [5.41, 5.74) is 0.464. The maximum absolute atomic E-state index is 13.5. The normalized spacial score (nSPS) is 13.0. The minimum Gasteiger partial charge on any atom is -0.469 e.